The third-order valence-corrected chi connectivity index (χ3v) is 8.66. The van der Waals surface area contributed by atoms with Gasteiger partial charge in [0.05, 0.1) is 19.2 Å². The zero-order valence-corrected chi connectivity index (χ0v) is 25.8. The van der Waals surface area contributed by atoms with Crippen molar-refractivity contribution < 1.29 is 23.8 Å². The van der Waals surface area contributed by atoms with Gasteiger partial charge in [-0.25, -0.2) is 0 Å². The predicted octanol–water partition coefficient (Wildman–Crippen LogP) is 6.85. The van der Waals surface area contributed by atoms with Gasteiger partial charge in [-0.3, -0.25) is 9.59 Å². The molecule has 3 aliphatic rings. The number of hydrogen-bond donors (Lipinski definition) is 1. The molecule has 1 heterocycles. The lowest BCUT2D eigenvalue weighted by Gasteiger charge is -2.20. The van der Waals surface area contributed by atoms with Crippen LogP contribution in [0.25, 0.3) is 0 Å². The van der Waals surface area contributed by atoms with Crippen molar-refractivity contribution in [3.8, 4) is 11.5 Å². The number of ether oxygens (including phenoxy) is 3. The van der Waals surface area contributed by atoms with Gasteiger partial charge < -0.3 is 24.4 Å². The number of hydrogen-bond acceptors (Lipinski definition) is 6. The van der Waals surface area contributed by atoms with Crippen LogP contribution in [0.5, 0.6) is 11.5 Å². The topological polar surface area (TPSA) is 77.1 Å². The van der Waals surface area contributed by atoms with E-state index in [0.717, 1.165) is 74.8 Å². The van der Waals surface area contributed by atoms with Crippen molar-refractivity contribution >= 4 is 17.6 Å². The lowest BCUT2D eigenvalue weighted by Crippen LogP contribution is -2.31. The van der Waals surface area contributed by atoms with E-state index in [1.165, 1.54) is 18.5 Å². The van der Waals surface area contributed by atoms with Crippen molar-refractivity contribution in [3.05, 3.63) is 54.1 Å². The molecule has 4 unspecified atom stereocenters. The predicted molar refractivity (Wildman–Crippen MR) is 165 cm³/mol. The minimum atomic E-state index is -0.453. The molecule has 2 aromatic carbocycles. The van der Waals surface area contributed by atoms with E-state index in [1.54, 1.807) is 0 Å². The van der Waals surface area contributed by atoms with Crippen molar-refractivity contribution in [1.82, 2.24) is 5.32 Å². The molecule has 0 spiro atoms. The van der Waals surface area contributed by atoms with E-state index >= 15 is 0 Å². The number of carbonyl (C=O) groups excluding carboxylic acids is 2. The van der Waals surface area contributed by atoms with Crippen LogP contribution in [-0.2, 0) is 14.3 Å². The number of amides is 1. The maximum atomic E-state index is 13.0. The highest BCUT2D eigenvalue weighted by Gasteiger charge is 2.31. The Bertz CT molecular complexity index is 1190. The Morgan fingerprint density at radius 2 is 1.62 bits per heavy atom. The first-order valence-electron chi connectivity index (χ1n) is 15.9. The highest BCUT2D eigenvalue weighted by Crippen LogP contribution is 2.35. The fourth-order valence-corrected chi connectivity index (χ4v) is 6.04. The Kier molecular flexibility index (Phi) is 9.64. The van der Waals surface area contributed by atoms with Gasteiger partial charge in [-0.05, 0) is 120 Å². The molecule has 3 fully saturated rings. The second-order valence-electron chi connectivity index (χ2n) is 13.5. The molecule has 4 atom stereocenters. The molecule has 7 heteroatoms. The molecule has 1 saturated heterocycles. The summed E-state index contributed by atoms with van der Waals surface area (Å²) < 4.78 is 17.6. The third-order valence-electron chi connectivity index (χ3n) is 8.66. The normalized spacial score (nSPS) is 23.0. The lowest BCUT2D eigenvalue weighted by atomic mass is 9.99. The standard InChI is InChI=1S/C35H48N2O5/c1-24(36-34(39)28-9-7-25(21-28)8-18-33(38)42-35(2,3)4)27-10-14-31(15-11-27)41-32-19-20-37(22-32)29-12-16-30(17-13-29)40-23-26-5-6-26/h10-17,24-26,28,32H,5-9,18-23H2,1-4H3,(H,36,39). The number of nitrogens with one attached hydrogen (secondary N) is 1. The number of rotatable bonds is 12. The van der Waals surface area contributed by atoms with Gasteiger partial charge in [-0.2, -0.15) is 0 Å². The Labute approximate surface area is 251 Å². The van der Waals surface area contributed by atoms with Crippen LogP contribution in [0.2, 0.25) is 0 Å². The van der Waals surface area contributed by atoms with E-state index < -0.39 is 5.60 Å². The third kappa shape index (κ3) is 8.89. The van der Waals surface area contributed by atoms with E-state index in [0.29, 0.717) is 12.3 Å². The molecule has 2 aromatic rings. The van der Waals surface area contributed by atoms with E-state index in [9.17, 15) is 9.59 Å². The quantitative estimate of drug-likeness (QED) is 0.279. The first-order valence-corrected chi connectivity index (χ1v) is 15.9. The highest BCUT2D eigenvalue weighted by atomic mass is 16.6. The molecule has 1 N–H and O–H groups in total. The van der Waals surface area contributed by atoms with Gasteiger partial charge in [-0.15, -0.1) is 0 Å². The summed E-state index contributed by atoms with van der Waals surface area (Å²) in [5.41, 5.74) is 1.81. The van der Waals surface area contributed by atoms with Gasteiger partial charge >= 0.3 is 5.97 Å². The summed E-state index contributed by atoms with van der Waals surface area (Å²) in [6.45, 7) is 10.4. The molecule has 5 rings (SSSR count). The van der Waals surface area contributed by atoms with E-state index in [2.05, 4.69) is 34.5 Å². The van der Waals surface area contributed by atoms with Crippen LogP contribution in [0.1, 0.15) is 90.7 Å². The molecule has 0 aromatic heterocycles. The fraction of sp³-hybridized carbons (Fsp3) is 0.600. The minimum absolute atomic E-state index is 0.00970. The van der Waals surface area contributed by atoms with Crippen molar-refractivity contribution in [2.45, 2.75) is 96.8 Å². The Morgan fingerprint density at radius 1 is 0.929 bits per heavy atom. The van der Waals surface area contributed by atoms with Gasteiger partial charge in [-0.1, -0.05) is 12.1 Å². The van der Waals surface area contributed by atoms with Crippen LogP contribution < -0.4 is 19.7 Å². The largest absolute Gasteiger partial charge is 0.493 e. The lowest BCUT2D eigenvalue weighted by molar-refractivity contribution is -0.155. The molecule has 2 aliphatic carbocycles. The molecule has 1 aliphatic heterocycles. The van der Waals surface area contributed by atoms with Crippen molar-refractivity contribution in [2.24, 2.45) is 17.8 Å². The zero-order chi connectivity index (χ0) is 29.7. The molecular weight excluding hydrogens is 528 g/mol. The SMILES string of the molecule is CC(NC(=O)C1CCC(CCC(=O)OC(C)(C)C)C1)c1ccc(OC2CCN(c3ccc(OCC4CC4)cc3)C2)cc1. The van der Waals surface area contributed by atoms with Crippen LogP contribution >= 0.6 is 0 Å². The number of benzene rings is 2. The number of anilines is 1. The Balaban J connectivity index is 1.02. The van der Waals surface area contributed by atoms with Gasteiger partial charge in [0.1, 0.15) is 23.2 Å². The maximum Gasteiger partial charge on any atom is 0.306 e. The molecule has 0 bridgehead atoms. The summed E-state index contributed by atoms with van der Waals surface area (Å²) in [7, 11) is 0. The highest BCUT2D eigenvalue weighted by molar-refractivity contribution is 5.79. The summed E-state index contributed by atoms with van der Waals surface area (Å²) in [5.74, 6) is 2.93. The summed E-state index contributed by atoms with van der Waals surface area (Å²) in [5, 5.41) is 3.20. The average Bonchev–Trinajstić information content (AvgIpc) is 3.45. The van der Waals surface area contributed by atoms with Crippen LogP contribution in [0, 0.1) is 17.8 Å². The smallest absolute Gasteiger partial charge is 0.306 e. The van der Waals surface area contributed by atoms with Crippen LogP contribution in [0.15, 0.2) is 48.5 Å². The summed E-state index contributed by atoms with van der Waals surface area (Å²) >= 11 is 0. The zero-order valence-electron chi connectivity index (χ0n) is 25.8. The molecule has 2 saturated carbocycles. The molecule has 1 amide bonds. The summed E-state index contributed by atoms with van der Waals surface area (Å²) in [6.07, 6.45) is 7.63. The van der Waals surface area contributed by atoms with Crippen LogP contribution in [0.4, 0.5) is 5.69 Å². The first kappa shape index (κ1) is 30.2. The average molecular weight is 577 g/mol. The Morgan fingerprint density at radius 3 is 2.31 bits per heavy atom. The van der Waals surface area contributed by atoms with Gasteiger partial charge in [0, 0.05) is 31.0 Å². The summed E-state index contributed by atoms with van der Waals surface area (Å²) in [4.78, 5) is 27.4. The Hall–Kier alpha value is -3.22. The number of nitrogens with zero attached hydrogens (tertiary/aromatic N) is 1. The molecule has 0 radical (unpaired) electrons. The van der Waals surface area contributed by atoms with E-state index in [1.807, 2.05) is 52.0 Å². The molecular formula is C35H48N2O5. The van der Waals surface area contributed by atoms with Gasteiger partial charge in [0.25, 0.3) is 0 Å². The molecule has 7 nitrogen and oxygen atoms in total. The van der Waals surface area contributed by atoms with Crippen molar-refractivity contribution in [3.63, 3.8) is 0 Å². The second-order valence-corrected chi connectivity index (χ2v) is 13.5. The number of carbonyl (C=O) groups is 2. The van der Waals surface area contributed by atoms with E-state index in [4.69, 9.17) is 14.2 Å². The van der Waals surface area contributed by atoms with Crippen molar-refractivity contribution in [1.29, 1.82) is 0 Å². The monoisotopic (exact) mass is 576 g/mol. The molecule has 228 valence electrons. The maximum absolute atomic E-state index is 13.0. The van der Waals surface area contributed by atoms with Gasteiger partial charge in [0.15, 0.2) is 0 Å². The van der Waals surface area contributed by atoms with E-state index in [-0.39, 0.29) is 29.9 Å². The first-order chi connectivity index (χ1) is 20.1. The second kappa shape index (κ2) is 13.4. The fourth-order valence-electron chi connectivity index (χ4n) is 6.04. The number of esters is 1. The molecule has 42 heavy (non-hydrogen) atoms. The summed E-state index contributed by atoms with van der Waals surface area (Å²) in [6, 6.07) is 16.5. The van der Waals surface area contributed by atoms with Gasteiger partial charge in [0.2, 0.25) is 5.91 Å². The van der Waals surface area contributed by atoms with Crippen molar-refractivity contribution in [2.75, 3.05) is 24.6 Å². The minimum Gasteiger partial charge on any atom is -0.493 e. The van der Waals surface area contributed by atoms with Crippen LogP contribution in [-0.4, -0.2) is 43.3 Å². The van der Waals surface area contributed by atoms with Crippen LogP contribution in [0.3, 0.4) is 0 Å².